The van der Waals surface area contributed by atoms with Gasteiger partial charge in [-0.05, 0) is 13.8 Å². The quantitative estimate of drug-likeness (QED) is 0.568. The lowest BCUT2D eigenvalue weighted by Crippen LogP contribution is -2.36. The summed E-state index contributed by atoms with van der Waals surface area (Å²) in [4.78, 5) is 43.0. The molecule has 0 aromatic rings. The van der Waals surface area contributed by atoms with Crippen molar-refractivity contribution in [1.29, 1.82) is 0 Å². The fraction of sp³-hybridized carbons (Fsp3) is 0.500. The van der Waals surface area contributed by atoms with Crippen molar-refractivity contribution in [3.05, 3.63) is 0 Å². The number of hydrogen-bond acceptors (Lipinski definition) is 4. The van der Waals surface area contributed by atoms with Crippen LogP contribution in [0.1, 0.15) is 20.3 Å². The Labute approximate surface area is 75.3 Å². The van der Waals surface area contributed by atoms with Gasteiger partial charge in [-0.1, -0.05) is 0 Å². The third-order valence-corrected chi connectivity index (χ3v) is 1.44. The molecule has 0 aliphatic heterocycles. The number of amides is 1. The highest BCUT2D eigenvalue weighted by atomic mass is 16.2. The molecule has 0 spiro atoms. The first kappa shape index (κ1) is 11.5. The van der Waals surface area contributed by atoms with Crippen molar-refractivity contribution in [2.24, 2.45) is 11.7 Å². The topological polar surface area (TPSA) is 94.3 Å². The number of Topliss-reactive ketones (excluding diaryl/α,β-unsaturated/α-hetero) is 3. The van der Waals surface area contributed by atoms with Crippen molar-refractivity contribution >= 4 is 23.3 Å². The van der Waals surface area contributed by atoms with E-state index in [4.69, 9.17) is 5.73 Å². The zero-order chi connectivity index (χ0) is 10.6. The Morgan fingerprint density at radius 3 is 1.85 bits per heavy atom. The Hall–Kier alpha value is -1.52. The number of hydrogen-bond donors (Lipinski definition) is 1. The van der Waals surface area contributed by atoms with E-state index in [1.54, 1.807) is 0 Å². The minimum atomic E-state index is -1.47. The van der Waals surface area contributed by atoms with Gasteiger partial charge in [-0.3, -0.25) is 19.2 Å². The molecule has 0 radical (unpaired) electrons. The Morgan fingerprint density at radius 2 is 1.62 bits per heavy atom. The summed E-state index contributed by atoms with van der Waals surface area (Å²) in [6.07, 6.45) is -0.423. The molecule has 1 atom stereocenters. The molecule has 72 valence electrons. The Kier molecular flexibility index (Phi) is 3.97. The van der Waals surface area contributed by atoms with E-state index in [0.29, 0.717) is 0 Å². The number of rotatable bonds is 5. The molecule has 0 saturated heterocycles. The molecule has 0 bridgehead atoms. The Bertz CT molecular complexity index is 255. The van der Waals surface area contributed by atoms with E-state index in [1.165, 1.54) is 6.92 Å². The van der Waals surface area contributed by atoms with Crippen LogP contribution < -0.4 is 5.73 Å². The minimum absolute atomic E-state index is 0.391. The molecule has 0 aliphatic rings. The second kappa shape index (κ2) is 4.49. The highest BCUT2D eigenvalue weighted by Crippen LogP contribution is 2.03. The molecule has 13 heavy (non-hydrogen) atoms. The van der Waals surface area contributed by atoms with Gasteiger partial charge in [0.05, 0.1) is 6.42 Å². The van der Waals surface area contributed by atoms with Gasteiger partial charge in [0.2, 0.25) is 5.91 Å². The molecule has 1 unspecified atom stereocenters. The van der Waals surface area contributed by atoms with Crippen LogP contribution in [-0.2, 0) is 19.2 Å². The summed E-state index contributed by atoms with van der Waals surface area (Å²) in [5, 5.41) is 0. The normalized spacial score (nSPS) is 11.8. The SMILES string of the molecule is CC(=O)CC(=O)C(C(C)=O)C(N)=O. The van der Waals surface area contributed by atoms with E-state index in [1.807, 2.05) is 0 Å². The summed E-state index contributed by atoms with van der Waals surface area (Å²) in [5.74, 6) is -4.22. The lowest BCUT2D eigenvalue weighted by atomic mass is 9.96. The molecule has 1 amide bonds. The van der Waals surface area contributed by atoms with Gasteiger partial charge in [-0.2, -0.15) is 0 Å². The summed E-state index contributed by atoms with van der Waals surface area (Å²) < 4.78 is 0. The van der Waals surface area contributed by atoms with Gasteiger partial charge in [0.25, 0.3) is 0 Å². The van der Waals surface area contributed by atoms with Gasteiger partial charge >= 0.3 is 0 Å². The molecule has 0 saturated carbocycles. The summed E-state index contributed by atoms with van der Waals surface area (Å²) in [5.41, 5.74) is 4.82. The minimum Gasteiger partial charge on any atom is -0.369 e. The first-order valence-electron chi connectivity index (χ1n) is 3.68. The summed E-state index contributed by atoms with van der Waals surface area (Å²) in [6, 6.07) is 0. The third kappa shape index (κ3) is 3.59. The highest BCUT2D eigenvalue weighted by Gasteiger charge is 2.29. The molecular weight excluding hydrogens is 174 g/mol. The van der Waals surface area contributed by atoms with Crippen LogP contribution in [0.15, 0.2) is 0 Å². The number of ketones is 3. The number of primary amides is 1. The van der Waals surface area contributed by atoms with E-state index in [9.17, 15) is 19.2 Å². The van der Waals surface area contributed by atoms with Crippen LogP contribution >= 0.6 is 0 Å². The fourth-order valence-corrected chi connectivity index (χ4v) is 0.933. The van der Waals surface area contributed by atoms with Crippen LogP contribution in [0.3, 0.4) is 0 Å². The van der Waals surface area contributed by atoms with E-state index >= 15 is 0 Å². The molecule has 0 rings (SSSR count). The van der Waals surface area contributed by atoms with E-state index in [0.717, 1.165) is 6.92 Å². The molecule has 0 heterocycles. The average Bonchev–Trinajstić information content (AvgIpc) is 1.81. The van der Waals surface area contributed by atoms with Crippen molar-refractivity contribution in [3.63, 3.8) is 0 Å². The Balaban J connectivity index is 4.57. The van der Waals surface area contributed by atoms with Crippen molar-refractivity contribution < 1.29 is 19.2 Å². The van der Waals surface area contributed by atoms with Crippen LogP contribution in [0.25, 0.3) is 0 Å². The molecule has 5 nitrogen and oxygen atoms in total. The first-order valence-corrected chi connectivity index (χ1v) is 3.68. The molecule has 0 aromatic heterocycles. The number of carbonyl (C=O) groups is 4. The van der Waals surface area contributed by atoms with Crippen LogP contribution in [0, 0.1) is 5.92 Å². The largest absolute Gasteiger partial charge is 0.369 e. The smallest absolute Gasteiger partial charge is 0.235 e. The lowest BCUT2D eigenvalue weighted by Gasteiger charge is -2.06. The van der Waals surface area contributed by atoms with Gasteiger partial charge < -0.3 is 5.73 Å². The van der Waals surface area contributed by atoms with Crippen LogP contribution in [0.5, 0.6) is 0 Å². The highest BCUT2D eigenvalue weighted by molar-refractivity contribution is 6.20. The molecule has 2 N–H and O–H groups in total. The van der Waals surface area contributed by atoms with Gasteiger partial charge in [0.1, 0.15) is 11.6 Å². The monoisotopic (exact) mass is 185 g/mol. The van der Waals surface area contributed by atoms with Crippen molar-refractivity contribution in [3.8, 4) is 0 Å². The van der Waals surface area contributed by atoms with Gasteiger partial charge in [-0.25, -0.2) is 0 Å². The summed E-state index contributed by atoms with van der Waals surface area (Å²) in [6.45, 7) is 2.30. The maximum atomic E-state index is 11.1. The molecular formula is C8H11NO4. The number of nitrogens with two attached hydrogens (primary N) is 1. The maximum absolute atomic E-state index is 11.1. The number of carbonyl (C=O) groups excluding carboxylic acids is 4. The van der Waals surface area contributed by atoms with Gasteiger partial charge in [0.15, 0.2) is 11.7 Å². The second-order valence-electron chi connectivity index (χ2n) is 2.79. The first-order chi connectivity index (χ1) is 5.86. The van der Waals surface area contributed by atoms with E-state index in [2.05, 4.69) is 0 Å². The van der Waals surface area contributed by atoms with Gasteiger partial charge in [0, 0.05) is 0 Å². The second-order valence-corrected chi connectivity index (χ2v) is 2.79. The third-order valence-electron chi connectivity index (χ3n) is 1.44. The van der Waals surface area contributed by atoms with Crippen molar-refractivity contribution in [1.82, 2.24) is 0 Å². The van der Waals surface area contributed by atoms with E-state index < -0.39 is 35.6 Å². The molecule has 0 aromatic carbocycles. The Morgan fingerprint density at radius 1 is 1.15 bits per heavy atom. The van der Waals surface area contributed by atoms with Crippen molar-refractivity contribution in [2.45, 2.75) is 20.3 Å². The zero-order valence-electron chi connectivity index (χ0n) is 7.49. The van der Waals surface area contributed by atoms with Crippen molar-refractivity contribution in [2.75, 3.05) is 0 Å². The zero-order valence-corrected chi connectivity index (χ0v) is 7.49. The van der Waals surface area contributed by atoms with E-state index in [-0.39, 0.29) is 0 Å². The predicted octanol–water partition coefficient (Wildman–Crippen LogP) is -0.775. The maximum Gasteiger partial charge on any atom is 0.235 e. The molecule has 0 fully saturated rings. The molecule has 5 heteroatoms. The fourth-order valence-electron chi connectivity index (χ4n) is 0.933. The summed E-state index contributed by atoms with van der Waals surface area (Å²) in [7, 11) is 0. The summed E-state index contributed by atoms with van der Waals surface area (Å²) >= 11 is 0. The van der Waals surface area contributed by atoms with Crippen LogP contribution in [0.2, 0.25) is 0 Å². The molecule has 0 aliphatic carbocycles. The predicted molar refractivity (Wildman–Crippen MR) is 43.7 cm³/mol. The average molecular weight is 185 g/mol. The lowest BCUT2D eigenvalue weighted by molar-refractivity contribution is -0.139. The van der Waals surface area contributed by atoms with Crippen LogP contribution in [0.4, 0.5) is 0 Å². The van der Waals surface area contributed by atoms with Crippen LogP contribution in [-0.4, -0.2) is 23.3 Å². The standard InChI is InChI=1S/C8H11NO4/c1-4(10)3-6(12)7(5(2)11)8(9)13/h7H,3H2,1-2H3,(H2,9,13). The van der Waals surface area contributed by atoms with Gasteiger partial charge in [-0.15, -0.1) is 0 Å².